The van der Waals surface area contributed by atoms with Crippen LogP contribution in [-0.4, -0.2) is 25.0 Å². The number of carbonyl (C=O) groups excluding carboxylic acids is 1. The van der Waals surface area contributed by atoms with E-state index in [9.17, 15) is 13.6 Å². The fourth-order valence-electron chi connectivity index (χ4n) is 5.43. The molecule has 1 saturated heterocycles. The standard InChI is InChI=1S/C26H22Cl2F2N2O/c27-17-4-1-3-16(13-17)14-23-26(9-11-31-12-10-26)19-15-18(28)7-8-22(19)32(23)25(33)24-20(29)5-2-6-21(24)30/h1-8,13,15,23,31H,9-12,14H2/t23-/m1/s1. The average Bonchev–Trinajstić information content (AvgIpc) is 3.03. The Balaban J connectivity index is 1.70. The highest BCUT2D eigenvalue weighted by Crippen LogP contribution is 2.52. The molecule has 1 fully saturated rings. The van der Waals surface area contributed by atoms with Gasteiger partial charge in [-0.2, -0.15) is 0 Å². The Bertz CT molecular complexity index is 1210. The van der Waals surface area contributed by atoms with Gasteiger partial charge in [0, 0.05) is 21.1 Å². The first-order valence-electron chi connectivity index (χ1n) is 10.9. The Kier molecular flexibility index (Phi) is 5.89. The van der Waals surface area contributed by atoms with Crippen LogP contribution in [0.15, 0.2) is 60.7 Å². The number of fused-ring (bicyclic) bond motifs is 2. The second kappa shape index (κ2) is 8.71. The van der Waals surface area contributed by atoms with Crippen LogP contribution in [0.4, 0.5) is 14.5 Å². The van der Waals surface area contributed by atoms with Gasteiger partial charge in [0.2, 0.25) is 0 Å². The Morgan fingerprint density at radius 2 is 1.64 bits per heavy atom. The van der Waals surface area contributed by atoms with Crippen molar-refractivity contribution in [3.63, 3.8) is 0 Å². The number of carbonyl (C=O) groups is 1. The summed E-state index contributed by atoms with van der Waals surface area (Å²) in [6, 6.07) is 16.0. The molecule has 0 saturated carbocycles. The zero-order valence-corrected chi connectivity index (χ0v) is 19.3. The second-order valence-electron chi connectivity index (χ2n) is 8.69. The van der Waals surface area contributed by atoms with E-state index in [4.69, 9.17) is 23.2 Å². The molecular weight excluding hydrogens is 465 g/mol. The number of halogens is 4. The topological polar surface area (TPSA) is 32.3 Å². The molecule has 0 unspecified atom stereocenters. The Morgan fingerprint density at radius 3 is 2.33 bits per heavy atom. The third kappa shape index (κ3) is 3.82. The fraction of sp³-hybridized carbons (Fsp3) is 0.269. The van der Waals surface area contributed by atoms with Gasteiger partial charge >= 0.3 is 0 Å². The molecule has 3 aromatic rings. The third-order valence-electron chi connectivity index (χ3n) is 6.91. The van der Waals surface area contributed by atoms with E-state index in [-0.39, 0.29) is 6.04 Å². The lowest BCUT2D eigenvalue weighted by Crippen LogP contribution is -2.53. The van der Waals surface area contributed by atoms with Crippen LogP contribution >= 0.6 is 23.2 Å². The highest BCUT2D eigenvalue weighted by molar-refractivity contribution is 6.31. The number of benzene rings is 3. The van der Waals surface area contributed by atoms with Crippen LogP contribution in [0.25, 0.3) is 0 Å². The van der Waals surface area contributed by atoms with Crippen LogP contribution < -0.4 is 10.2 Å². The quantitative estimate of drug-likeness (QED) is 0.480. The largest absolute Gasteiger partial charge is 0.317 e. The van der Waals surface area contributed by atoms with Crippen molar-refractivity contribution in [1.29, 1.82) is 0 Å². The molecule has 0 aromatic heterocycles. The van der Waals surface area contributed by atoms with E-state index in [1.165, 1.54) is 6.07 Å². The molecule has 1 spiro atoms. The van der Waals surface area contributed by atoms with Gasteiger partial charge in [0.25, 0.3) is 5.91 Å². The monoisotopic (exact) mass is 486 g/mol. The molecular formula is C26H22Cl2F2N2O. The van der Waals surface area contributed by atoms with Gasteiger partial charge in [-0.3, -0.25) is 4.79 Å². The normalized spacial score (nSPS) is 19.0. The zero-order chi connectivity index (χ0) is 23.2. The number of amides is 1. The van der Waals surface area contributed by atoms with E-state index in [1.54, 1.807) is 23.1 Å². The van der Waals surface area contributed by atoms with Crippen molar-refractivity contribution in [3.8, 4) is 0 Å². The second-order valence-corrected chi connectivity index (χ2v) is 9.56. The summed E-state index contributed by atoms with van der Waals surface area (Å²) in [6.45, 7) is 1.54. The molecule has 3 nitrogen and oxygen atoms in total. The number of nitrogens with zero attached hydrogens (tertiary/aromatic N) is 1. The zero-order valence-electron chi connectivity index (χ0n) is 17.8. The van der Waals surface area contributed by atoms with Crippen molar-refractivity contribution in [2.45, 2.75) is 30.7 Å². The molecule has 0 radical (unpaired) electrons. The van der Waals surface area contributed by atoms with Gasteiger partial charge in [-0.15, -0.1) is 0 Å². The number of anilines is 1. The van der Waals surface area contributed by atoms with Crippen molar-refractivity contribution in [1.82, 2.24) is 5.32 Å². The maximum atomic E-state index is 14.7. The van der Waals surface area contributed by atoms with Gasteiger partial charge in [-0.05, 0) is 85.9 Å². The lowest BCUT2D eigenvalue weighted by molar-refractivity contribution is 0.0955. The minimum absolute atomic E-state index is 0.349. The van der Waals surface area contributed by atoms with Crippen molar-refractivity contribution in [2.24, 2.45) is 0 Å². The van der Waals surface area contributed by atoms with E-state index in [1.807, 2.05) is 24.3 Å². The van der Waals surface area contributed by atoms with Crippen molar-refractivity contribution >= 4 is 34.8 Å². The maximum Gasteiger partial charge on any atom is 0.264 e. The minimum atomic E-state index is -0.872. The number of piperidine rings is 1. The molecule has 0 bridgehead atoms. The average molecular weight is 487 g/mol. The van der Waals surface area contributed by atoms with E-state index in [0.29, 0.717) is 22.2 Å². The Morgan fingerprint density at radius 1 is 0.970 bits per heavy atom. The molecule has 170 valence electrons. The fourth-order valence-corrected chi connectivity index (χ4v) is 5.82. The highest BCUT2D eigenvalue weighted by atomic mass is 35.5. The van der Waals surface area contributed by atoms with Crippen molar-refractivity contribution in [3.05, 3.63) is 99.0 Å². The maximum absolute atomic E-state index is 14.7. The SMILES string of the molecule is O=C(c1c(F)cccc1F)N1c2ccc(Cl)cc2C2(CCNCC2)[C@H]1Cc1cccc(Cl)c1. The summed E-state index contributed by atoms with van der Waals surface area (Å²) in [5.41, 5.74) is 1.62. The van der Waals surface area contributed by atoms with Gasteiger partial charge in [0.05, 0.1) is 6.04 Å². The molecule has 0 aliphatic carbocycles. The van der Waals surface area contributed by atoms with Crippen LogP contribution in [-0.2, 0) is 11.8 Å². The van der Waals surface area contributed by atoms with Crippen LogP contribution in [0.1, 0.15) is 34.3 Å². The lowest BCUT2D eigenvalue weighted by Gasteiger charge is -2.42. The smallest absolute Gasteiger partial charge is 0.264 e. The van der Waals surface area contributed by atoms with Gasteiger partial charge in [0.15, 0.2) is 0 Å². The summed E-state index contributed by atoms with van der Waals surface area (Å²) in [5, 5.41) is 4.56. The van der Waals surface area contributed by atoms with E-state index >= 15 is 0 Å². The summed E-state index contributed by atoms with van der Waals surface area (Å²) >= 11 is 12.6. The number of nitrogens with one attached hydrogen (secondary N) is 1. The van der Waals surface area contributed by atoms with Gasteiger partial charge in [0.1, 0.15) is 17.2 Å². The summed E-state index contributed by atoms with van der Waals surface area (Å²) in [7, 11) is 0. The molecule has 1 amide bonds. The molecule has 33 heavy (non-hydrogen) atoms. The molecule has 2 aliphatic heterocycles. The van der Waals surface area contributed by atoms with E-state index in [2.05, 4.69) is 5.32 Å². The summed E-state index contributed by atoms with van der Waals surface area (Å²) < 4.78 is 29.4. The van der Waals surface area contributed by atoms with Crippen LogP contribution in [0.3, 0.4) is 0 Å². The molecule has 7 heteroatoms. The molecule has 1 atom stereocenters. The van der Waals surface area contributed by atoms with Gasteiger partial charge in [-0.25, -0.2) is 8.78 Å². The molecule has 3 aromatic carbocycles. The Labute approximate surface area is 201 Å². The first-order valence-corrected chi connectivity index (χ1v) is 11.7. The first-order chi connectivity index (χ1) is 15.9. The van der Waals surface area contributed by atoms with E-state index in [0.717, 1.165) is 49.2 Å². The first kappa shape index (κ1) is 22.3. The van der Waals surface area contributed by atoms with Crippen LogP contribution in [0.5, 0.6) is 0 Å². The molecule has 2 heterocycles. The highest BCUT2D eigenvalue weighted by Gasteiger charge is 2.53. The summed E-state index contributed by atoms with van der Waals surface area (Å²) in [5.74, 6) is -2.43. The molecule has 5 rings (SSSR count). The van der Waals surface area contributed by atoms with Gasteiger partial charge in [-0.1, -0.05) is 41.4 Å². The summed E-state index contributed by atoms with van der Waals surface area (Å²) in [6.07, 6.45) is 2.04. The van der Waals surface area contributed by atoms with Crippen LogP contribution in [0.2, 0.25) is 10.0 Å². The third-order valence-corrected chi connectivity index (χ3v) is 7.38. The Hall–Kier alpha value is -2.47. The number of hydrogen-bond acceptors (Lipinski definition) is 2. The summed E-state index contributed by atoms with van der Waals surface area (Å²) in [4.78, 5) is 15.4. The predicted octanol–water partition coefficient (Wildman–Crippen LogP) is 6.16. The van der Waals surface area contributed by atoms with Crippen molar-refractivity contribution < 1.29 is 13.6 Å². The molecule has 1 N–H and O–H groups in total. The van der Waals surface area contributed by atoms with Crippen molar-refractivity contribution in [2.75, 3.05) is 18.0 Å². The number of rotatable bonds is 3. The van der Waals surface area contributed by atoms with E-state index < -0.39 is 28.5 Å². The minimum Gasteiger partial charge on any atom is -0.317 e. The molecule has 2 aliphatic rings. The van der Waals surface area contributed by atoms with Gasteiger partial charge < -0.3 is 10.2 Å². The van der Waals surface area contributed by atoms with Crippen LogP contribution in [0, 0.1) is 11.6 Å². The lowest BCUT2D eigenvalue weighted by atomic mass is 9.68. The predicted molar refractivity (Wildman–Crippen MR) is 127 cm³/mol. The number of hydrogen-bond donors (Lipinski definition) is 1.